The lowest BCUT2D eigenvalue weighted by Gasteiger charge is -2.19. The van der Waals surface area contributed by atoms with E-state index in [1.165, 1.54) is 0 Å². The summed E-state index contributed by atoms with van der Waals surface area (Å²) in [7, 11) is 0. The number of nitrogens with zero attached hydrogens (tertiary/aromatic N) is 3. The Morgan fingerprint density at radius 2 is 1.95 bits per heavy atom. The third-order valence-corrected chi connectivity index (χ3v) is 3.33. The van der Waals surface area contributed by atoms with Gasteiger partial charge in [0.05, 0.1) is 5.69 Å². The van der Waals surface area contributed by atoms with Crippen molar-refractivity contribution in [3.8, 4) is 11.5 Å². The van der Waals surface area contributed by atoms with Crippen molar-refractivity contribution in [3.05, 3.63) is 38.6 Å². The zero-order valence-corrected chi connectivity index (χ0v) is 12.9. The molecule has 0 aliphatic carbocycles. The van der Waals surface area contributed by atoms with E-state index in [2.05, 4.69) is 35.9 Å². The molecule has 2 aromatic heterocycles. The summed E-state index contributed by atoms with van der Waals surface area (Å²) < 4.78 is 0.467. The molecule has 0 spiro atoms. The molecule has 19 heavy (non-hydrogen) atoms. The summed E-state index contributed by atoms with van der Waals surface area (Å²) in [6, 6.07) is 1.73. The summed E-state index contributed by atoms with van der Waals surface area (Å²) >= 11 is 3.30. The number of H-pyrrole nitrogens is 1. The first kappa shape index (κ1) is 13.9. The fourth-order valence-electron chi connectivity index (χ4n) is 1.67. The number of hydrogen-bond donors (Lipinski definition) is 1. The second-order valence-electron chi connectivity index (χ2n) is 5.32. The lowest BCUT2D eigenvalue weighted by molar-refractivity contribution is 0.562. The van der Waals surface area contributed by atoms with Crippen LogP contribution in [0, 0.1) is 6.92 Å². The van der Waals surface area contributed by atoms with E-state index in [1.54, 1.807) is 19.2 Å². The average Bonchev–Trinajstić information content (AvgIpc) is 2.31. The quantitative estimate of drug-likeness (QED) is 0.875. The number of nitrogens with one attached hydrogen (secondary N) is 1. The highest BCUT2D eigenvalue weighted by molar-refractivity contribution is 9.10. The molecule has 0 saturated carbocycles. The Bertz CT molecular complexity index is 673. The van der Waals surface area contributed by atoms with E-state index in [1.807, 2.05) is 20.8 Å². The highest BCUT2D eigenvalue weighted by atomic mass is 79.9. The van der Waals surface area contributed by atoms with E-state index in [9.17, 15) is 4.79 Å². The van der Waals surface area contributed by atoms with E-state index < -0.39 is 0 Å². The molecule has 0 aromatic carbocycles. The number of aromatic amines is 1. The van der Waals surface area contributed by atoms with Gasteiger partial charge in [0.2, 0.25) is 0 Å². The van der Waals surface area contributed by atoms with Gasteiger partial charge in [-0.15, -0.1) is 0 Å². The Morgan fingerprint density at radius 1 is 1.26 bits per heavy atom. The molecular formula is C13H15BrN4O. The Labute approximate surface area is 119 Å². The first-order chi connectivity index (χ1) is 8.79. The van der Waals surface area contributed by atoms with Gasteiger partial charge in [-0.3, -0.25) is 4.79 Å². The summed E-state index contributed by atoms with van der Waals surface area (Å²) in [5.74, 6) is 1.10. The molecule has 0 amide bonds. The minimum absolute atomic E-state index is 0.203. The van der Waals surface area contributed by atoms with Crippen LogP contribution >= 0.6 is 15.9 Å². The first-order valence-electron chi connectivity index (χ1n) is 5.89. The van der Waals surface area contributed by atoms with Crippen LogP contribution in [0.15, 0.2) is 21.5 Å². The number of rotatable bonds is 1. The van der Waals surface area contributed by atoms with E-state index in [0.717, 1.165) is 0 Å². The summed E-state index contributed by atoms with van der Waals surface area (Å²) in [6.45, 7) is 7.82. The summed E-state index contributed by atoms with van der Waals surface area (Å²) in [5.41, 5.74) is 0.889. The van der Waals surface area contributed by atoms with Crippen molar-refractivity contribution >= 4 is 15.9 Å². The van der Waals surface area contributed by atoms with Gasteiger partial charge in [0.1, 0.15) is 16.0 Å². The maximum Gasteiger partial charge on any atom is 0.265 e. The first-order valence-corrected chi connectivity index (χ1v) is 6.68. The molecule has 0 atom stereocenters. The molecule has 0 fully saturated rings. The summed E-state index contributed by atoms with van der Waals surface area (Å²) in [5, 5.41) is 0. The summed E-state index contributed by atoms with van der Waals surface area (Å²) in [4.78, 5) is 27.5. The molecule has 1 N–H and O–H groups in total. The standard InChI is InChI=1S/C13H15BrN4O/c1-7-15-6-5-8(16-7)11-17-10(13(2,3)4)9(14)12(19)18-11/h5-6H,1-4H3,(H,17,18,19). The van der Waals surface area contributed by atoms with Gasteiger partial charge < -0.3 is 4.98 Å². The Hall–Kier alpha value is -1.56. The minimum atomic E-state index is -0.232. The van der Waals surface area contributed by atoms with E-state index in [-0.39, 0.29) is 11.0 Å². The van der Waals surface area contributed by atoms with Crippen molar-refractivity contribution in [3.63, 3.8) is 0 Å². The van der Waals surface area contributed by atoms with Gasteiger partial charge in [0.25, 0.3) is 5.56 Å². The highest BCUT2D eigenvalue weighted by Crippen LogP contribution is 2.26. The van der Waals surface area contributed by atoms with Crippen molar-refractivity contribution in [2.75, 3.05) is 0 Å². The van der Waals surface area contributed by atoms with Crippen molar-refractivity contribution in [1.82, 2.24) is 19.9 Å². The van der Waals surface area contributed by atoms with Gasteiger partial charge >= 0.3 is 0 Å². The van der Waals surface area contributed by atoms with Crippen LogP contribution in [0.4, 0.5) is 0 Å². The van der Waals surface area contributed by atoms with Crippen LogP contribution in [0.3, 0.4) is 0 Å². The summed E-state index contributed by atoms with van der Waals surface area (Å²) in [6.07, 6.45) is 1.65. The van der Waals surface area contributed by atoms with Crippen LogP contribution in [-0.2, 0) is 5.41 Å². The minimum Gasteiger partial charge on any atom is -0.304 e. The molecule has 0 bridgehead atoms. The van der Waals surface area contributed by atoms with Crippen molar-refractivity contribution < 1.29 is 0 Å². The molecule has 5 nitrogen and oxygen atoms in total. The third-order valence-electron chi connectivity index (χ3n) is 2.59. The number of aromatic nitrogens is 4. The Kier molecular flexibility index (Phi) is 3.54. The molecule has 0 saturated heterocycles. The molecule has 6 heteroatoms. The van der Waals surface area contributed by atoms with Crippen LogP contribution in [0.5, 0.6) is 0 Å². The number of aryl methyl sites for hydroxylation is 1. The highest BCUT2D eigenvalue weighted by Gasteiger charge is 2.22. The zero-order chi connectivity index (χ0) is 14.2. The van der Waals surface area contributed by atoms with Crippen LogP contribution in [0.1, 0.15) is 32.3 Å². The second-order valence-corrected chi connectivity index (χ2v) is 6.11. The monoisotopic (exact) mass is 322 g/mol. The fourth-order valence-corrected chi connectivity index (χ4v) is 2.45. The van der Waals surface area contributed by atoms with Crippen LogP contribution < -0.4 is 5.56 Å². The molecule has 0 aliphatic rings. The van der Waals surface area contributed by atoms with Gasteiger partial charge in [-0.25, -0.2) is 15.0 Å². The SMILES string of the molecule is Cc1nccc(-c2nc(C(C)(C)C)c(Br)c(=O)[nH]2)n1. The van der Waals surface area contributed by atoms with Crippen LogP contribution in [0.25, 0.3) is 11.5 Å². The van der Waals surface area contributed by atoms with Crippen molar-refractivity contribution in [1.29, 1.82) is 0 Å². The van der Waals surface area contributed by atoms with Gasteiger partial charge in [0, 0.05) is 11.6 Å². The smallest absolute Gasteiger partial charge is 0.265 e. The maximum atomic E-state index is 12.0. The van der Waals surface area contributed by atoms with Gasteiger partial charge in [-0.2, -0.15) is 0 Å². The van der Waals surface area contributed by atoms with Gasteiger partial charge in [-0.05, 0) is 28.9 Å². The van der Waals surface area contributed by atoms with Gasteiger partial charge in [0.15, 0.2) is 5.82 Å². The molecule has 0 aliphatic heterocycles. The molecular weight excluding hydrogens is 308 g/mol. The predicted octanol–water partition coefficient (Wildman–Crippen LogP) is 2.60. The normalized spacial score (nSPS) is 11.6. The lowest BCUT2D eigenvalue weighted by atomic mass is 9.92. The Balaban J connectivity index is 2.67. The molecule has 2 heterocycles. The average molecular weight is 323 g/mol. The van der Waals surface area contributed by atoms with E-state index >= 15 is 0 Å². The maximum absolute atomic E-state index is 12.0. The number of hydrogen-bond acceptors (Lipinski definition) is 4. The Morgan fingerprint density at radius 3 is 2.53 bits per heavy atom. The van der Waals surface area contributed by atoms with Crippen molar-refractivity contribution in [2.45, 2.75) is 33.1 Å². The largest absolute Gasteiger partial charge is 0.304 e. The molecule has 2 aromatic rings. The van der Waals surface area contributed by atoms with Crippen LogP contribution in [0.2, 0.25) is 0 Å². The van der Waals surface area contributed by atoms with Crippen molar-refractivity contribution in [2.24, 2.45) is 0 Å². The molecule has 0 unspecified atom stereocenters. The lowest BCUT2D eigenvalue weighted by Crippen LogP contribution is -2.22. The third kappa shape index (κ3) is 2.89. The topological polar surface area (TPSA) is 71.5 Å². The van der Waals surface area contributed by atoms with Gasteiger partial charge in [-0.1, -0.05) is 20.8 Å². The molecule has 2 rings (SSSR count). The van der Waals surface area contributed by atoms with E-state index in [0.29, 0.717) is 27.5 Å². The zero-order valence-electron chi connectivity index (χ0n) is 11.3. The second kappa shape index (κ2) is 4.85. The number of halogens is 1. The predicted molar refractivity (Wildman–Crippen MR) is 77.0 cm³/mol. The fraction of sp³-hybridized carbons (Fsp3) is 0.385. The molecule has 100 valence electrons. The molecule has 0 radical (unpaired) electrons. The van der Waals surface area contributed by atoms with Crippen LogP contribution in [-0.4, -0.2) is 19.9 Å². The van der Waals surface area contributed by atoms with E-state index in [4.69, 9.17) is 0 Å².